The second-order valence-electron chi connectivity index (χ2n) is 6.29. The summed E-state index contributed by atoms with van der Waals surface area (Å²) < 4.78 is 5.19. The zero-order valence-electron chi connectivity index (χ0n) is 15.6. The van der Waals surface area contributed by atoms with Gasteiger partial charge in [-0.25, -0.2) is 0 Å². The molecule has 0 radical (unpaired) electrons. The number of amides is 2. The quantitative estimate of drug-likeness (QED) is 0.547. The van der Waals surface area contributed by atoms with Crippen LogP contribution < -0.4 is 10.6 Å². The number of benzene rings is 1. The van der Waals surface area contributed by atoms with E-state index < -0.39 is 0 Å². The molecule has 26 heavy (non-hydrogen) atoms. The van der Waals surface area contributed by atoms with Crippen molar-refractivity contribution >= 4 is 23.6 Å². The molecule has 2 N–H and O–H groups in total. The Morgan fingerprint density at radius 2 is 1.85 bits per heavy atom. The fourth-order valence-corrected chi connectivity index (χ4v) is 3.50. The number of nitrogens with zero attached hydrogens (tertiary/aromatic N) is 1. The van der Waals surface area contributed by atoms with Crippen LogP contribution in [0.25, 0.3) is 0 Å². The molecule has 2 aromatic rings. The maximum Gasteiger partial charge on any atom is 0.252 e. The molecule has 0 aliphatic heterocycles. The SMILES string of the molecule is Cc1noc(C)c1CSc1ccccc1C(=O)NCCNC(=O)C(C)C. The molecule has 0 saturated carbocycles. The molecule has 140 valence electrons. The molecule has 0 unspecified atom stereocenters. The third kappa shape index (κ3) is 5.36. The average molecular weight is 375 g/mol. The Morgan fingerprint density at radius 3 is 2.50 bits per heavy atom. The van der Waals surface area contributed by atoms with Crippen LogP contribution in [0.15, 0.2) is 33.7 Å². The van der Waals surface area contributed by atoms with E-state index in [1.807, 2.05) is 45.9 Å². The largest absolute Gasteiger partial charge is 0.361 e. The van der Waals surface area contributed by atoms with Gasteiger partial charge < -0.3 is 15.2 Å². The summed E-state index contributed by atoms with van der Waals surface area (Å²) in [4.78, 5) is 24.9. The van der Waals surface area contributed by atoms with Gasteiger partial charge in [0.05, 0.1) is 11.3 Å². The molecule has 2 amide bonds. The Balaban J connectivity index is 1.93. The molecule has 0 spiro atoms. The lowest BCUT2D eigenvalue weighted by Crippen LogP contribution is -2.36. The van der Waals surface area contributed by atoms with Crippen LogP contribution in [0.2, 0.25) is 0 Å². The van der Waals surface area contributed by atoms with Gasteiger partial charge in [-0.3, -0.25) is 9.59 Å². The standard InChI is InChI=1S/C19H25N3O3S/c1-12(2)18(23)20-9-10-21-19(24)15-7-5-6-8-17(15)26-11-16-13(3)22-25-14(16)4/h5-8,12H,9-11H2,1-4H3,(H,20,23)(H,21,24). The van der Waals surface area contributed by atoms with E-state index in [-0.39, 0.29) is 17.7 Å². The first-order valence-corrected chi connectivity index (χ1v) is 9.58. The molecule has 2 rings (SSSR count). The summed E-state index contributed by atoms with van der Waals surface area (Å²) in [5.74, 6) is 1.26. The first kappa shape index (κ1) is 20.0. The van der Waals surface area contributed by atoms with E-state index in [4.69, 9.17) is 4.52 Å². The molecule has 0 atom stereocenters. The number of aromatic nitrogens is 1. The number of nitrogens with one attached hydrogen (secondary N) is 2. The van der Waals surface area contributed by atoms with Gasteiger partial charge in [-0.15, -0.1) is 11.8 Å². The molecule has 1 aromatic heterocycles. The van der Waals surface area contributed by atoms with Crippen LogP contribution in [-0.2, 0) is 10.5 Å². The highest BCUT2D eigenvalue weighted by atomic mass is 32.2. The highest BCUT2D eigenvalue weighted by molar-refractivity contribution is 7.98. The number of aryl methyl sites for hydroxylation is 2. The molecule has 1 aromatic carbocycles. The van der Waals surface area contributed by atoms with Crippen molar-refractivity contribution in [3.8, 4) is 0 Å². The number of carbonyl (C=O) groups excluding carboxylic acids is 2. The number of thioether (sulfide) groups is 1. The third-order valence-corrected chi connectivity index (χ3v) is 5.02. The van der Waals surface area contributed by atoms with Crippen LogP contribution >= 0.6 is 11.8 Å². The number of hydrogen-bond donors (Lipinski definition) is 2. The van der Waals surface area contributed by atoms with Gasteiger partial charge in [0.2, 0.25) is 5.91 Å². The van der Waals surface area contributed by atoms with E-state index in [1.54, 1.807) is 17.8 Å². The van der Waals surface area contributed by atoms with Gasteiger partial charge in [-0.05, 0) is 26.0 Å². The highest BCUT2D eigenvalue weighted by Gasteiger charge is 2.14. The van der Waals surface area contributed by atoms with E-state index in [9.17, 15) is 9.59 Å². The summed E-state index contributed by atoms with van der Waals surface area (Å²) in [5, 5.41) is 9.60. The fraction of sp³-hybridized carbons (Fsp3) is 0.421. The predicted molar refractivity (Wildman–Crippen MR) is 102 cm³/mol. The van der Waals surface area contributed by atoms with Crippen LogP contribution in [0.3, 0.4) is 0 Å². The normalized spacial score (nSPS) is 10.8. The second-order valence-corrected chi connectivity index (χ2v) is 7.31. The van der Waals surface area contributed by atoms with E-state index in [1.165, 1.54) is 0 Å². The molecular formula is C19H25N3O3S. The van der Waals surface area contributed by atoms with Gasteiger partial charge in [0.15, 0.2) is 0 Å². The average Bonchev–Trinajstić information content (AvgIpc) is 2.94. The fourth-order valence-electron chi connectivity index (χ4n) is 2.30. The van der Waals surface area contributed by atoms with E-state index in [0.717, 1.165) is 21.9 Å². The Hall–Kier alpha value is -2.28. The number of carbonyl (C=O) groups is 2. The van der Waals surface area contributed by atoms with Gasteiger partial charge in [0.25, 0.3) is 5.91 Å². The van der Waals surface area contributed by atoms with E-state index in [2.05, 4.69) is 15.8 Å². The maximum atomic E-state index is 12.5. The molecule has 0 aliphatic rings. The van der Waals surface area contributed by atoms with Crippen molar-refractivity contribution in [2.75, 3.05) is 13.1 Å². The van der Waals surface area contributed by atoms with Gasteiger partial charge >= 0.3 is 0 Å². The van der Waals surface area contributed by atoms with Crippen molar-refractivity contribution < 1.29 is 14.1 Å². The zero-order valence-corrected chi connectivity index (χ0v) is 16.4. The maximum absolute atomic E-state index is 12.5. The molecule has 0 fully saturated rings. The van der Waals surface area contributed by atoms with Crippen molar-refractivity contribution in [2.45, 2.75) is 38.3 Å². The molecule has 1 heterocycles. The van der Waals surface area contributed by atoms with Crippen LogP contribution in [0.1, 0.15) is 41.2 Å². The van der Waals surface area contributed by atoms with Crippen LogP contribution in [-0.4, -0.2) is 30.1 Å². The molecule has 7 heteroatoms. The van der Waals surface area contributed by atoms with Gasteiger partial charge in [-0.2, -0.15) is 0 Å². The summed E-state index contributed by atoms with van der Waals surface area (Å²) in [6.45, 7) is 8.27. The van der Waals surface area contributed by atoms with Crippen LogP contribution in [0, 0.1) is 19.8 Å². The number of rotatable bonds is 8. The Labute approximate surface area is 158 Å². The first-order chi connectivity index (χ1) is 12.4. The summed E-state index contributed by atoms with van der Waals surface area (Å²) >= 11 is 1.58. The van der Waals surface area contributed by atoms with Gasteiger partial charge in [0, 0.05) is 35.2 Å². The summed E-state index contributed by atoms with van der Waals surface area (Å²) in [5.41, 5.74) is 2.55. The van der Waals surface area contributed by atoms with E-state index >= 15 is 0 Å². The molecule has 0 bridgehead atoms. The topological polar surface area (TPSA) is 84.2 Å². The van der Waals surface area contributed by atoms with Crippen molar-refractivity contribution in [2.24, 2.45) is 5.92 Å². The minimum Gasteiger partial charge on any atom is -0.361 e. The minimum absolute atomic E-state index is 0.0188. The molecule has 6 nitrogen and oxygen atoms in total. The summed E-state index contributed by atoms with van der Waals surface area (Å²) in [6, 6.07) is 7.49. The third-order valence-electron chi connectivity index (χ3n) is 3.92. The van der Waals surface area contributed by atoms with Gasteiger partial charge in [0.1, 0.15) is 5.76 Å². The second kappa shape index (κ2) is 9.43. The Morgan fingerprint density at radius 1 is 1.15 bits per heavy atom. The van der Waals surface area contributed by atoms with Gasteiger partial charge in [-0.1, -0.05) is 31.1 Å². The van der Waals surface area contributed by atoms with Crippen molar-refractivity contribution in [3.63, 3.8) is 0 Å². The summed E-state index contributed by atoms with van der Waals surface area (Å²) in [6.07, 6.45) is 0. The minimum atomic E-state index is -0.148. The predicted octanol–water partition coefficient (Wildman–Crippen LogP) is 3.09. The van der Waals surface area contributed by atoms with E-state index in [0.29, 0.717) is 24.4 Å². The number of hydrogen-bond acceptors (Lipinski definition) is 5. The lowest BCUT2D eigenvalue weighted by atomic mass is 10.2. The molecule has 0 aliphatic carbocycles. The monoisotopic (exact) mass is 375 g/mol. The summed E-state index contributed by atoms with van der Waals surface area (Å²) in [7, 11) is 0. The lowest BCUT2D eigenvalue weighted by Gasteiger charge is -2.11. The smallest absolute Gasteiger partial charge is 0.252 e. The zero-order chi connectivity index (χ0) is 19.1. The van der Waals surface area contributed by atoms with Crippen LogP contribution in [0.5, 0.6) is 0 Å². The lowest BCUT2D eigenvalue weighted by molar-refractivity contribution is -0.123. The highest BCUT2D eigenvalue weighted by Crippen LogP contribution is 2.28. The molecular weight excluding hydrogens is 350 g/mol. The van der Waals surface area contributed by atoms with Crippen molar-refractivity contribution in [3.05, 3.63) is 46.8 Å². The van der Waals surface area contributed by atoms with Crippen molar-refractivity contribution in [1.29, 1.82) is 0 Å². The van der Waals surface area contributed by atoms with Crippen LogP contribution in [0.4, 0.5) is 0 Å². The van der Waals surface area contributed by atoms with Crippen molar-refractivity contribution in [1.82, 2.24) is 15.8 Å². The molecule has 0 saturated heterocycles. The Bertz CT molecular complexity index is 752. The Kier molecular flexibility index (Phi) is 7.26. The first-order valence-electron chi connectivity index (χ1n) is 8.59.